The first-order valence-electron chi connectivity index (χ1n) is 22.3. The molecule has 1 aliphatic heterocycles. The predicted molar refractivity (Wildman–Crippen MR) is 211 cm³/mol. The Balaban J connectivity index is 1.12. The molecule has 4 N–H and O–H groups in total. The van der Waals surface area contributed by atoms with Crippen LogP contribution < -0.4 is 20.6 Å². The summed E-state index contributed by atoms with van der Waals surface area (Å²) in [5, 5.41) is 69.7. The standard InChI is InChI=1S/C43H73N5O11/c1-28(31-7-8-32-40-33(11-13-43(31,32)3)42(2)12-10-30(49)23-29(42)24-35(40)50)6-9-36(51)44-14-4-5-34(41(58)59)48-21-19-46(26-38(54)55)17-15-45(25-37(52)53)16-18-47(20-22-48)27-39(56)57/h28-35,40,49-50H,4-27H2,1-3H3,(H,44,51)(H,52,53)(H,54,55)(H,56,57)(H,58,59)/p-3/t28-,29-,30?,31-,32?,33-,34?,35?,40-,42-,43+/m1/s1. The molecule has 59 heavy (non-hydrogen) atoms. The summed E-state index contributed by atoms with van der Waals surface area (Å²) in [5.74, 6) is -2.71. The van der Waals surface area contributed by atoms with Crippen molar-refractivity contribution in [3.63, 3.8) is 0 Å². The maximum absolute atomic E-state index is 13.1. The number of carbonyl (C=O) groups is 5. The van der Waals surface area contributed by atoms with Gasteiger partial charge in [-0.3, -0.25) is 29.2 Å². The van der Waals surface area contributed by atoms with Gasteiger partial charge in [0.1, 0.15) is 6.04 Å². The number of aliphatic carboxylic acids is 4. The lowest BCUT2D eigenvalue weighted by atomic mass is 9.43. The molecule has 0 aromatic heterocycles. The molecule has 16 nitrogen and oxygen atoms in total. The van der Waals surface area contributed by atoms with Gasteiger partial charge in [0.25, 0.3) is 0 Å². The Morgan fingerprint density at radius 3 is 1.78 bits per heavy atom. The van der Waals surface area contributed by atoms with E-state index in [1.165, 1.54) is 0 Å². The number of aliphatic hydroxyl groups excluding tert-OH is 2. The zero-order valence-electron chi connectivity index (χ0n) is 35.6. The van der Waals surface area contributed by atoms with E-state index in [4.69, 9.17) is 0 Å². The van der Waals surface area contributed by atoms with E-state index in [1.54, 1.807) is 19.6 Å². The van der Waals surface area contributed by atoms with Gasteiger partial charge in [-0.2, -0.15) is 0 Å². The van der Waals surface area contributed by atoms with Crippen molar-refractivity contribution in [2.75, 3.05) is 78.5 Å². The van der Waals surface area contributed by atoms with Gasteiger partial charge < -0.3 is 50.3 Å². The van der Waals surface area contributed by atoms with E-state index in [1.807, 2.05) is 0 Å². The van der Waals surface area contributed by atoms with Crippen molar-refractivity contribution in [3.05, 3.63) is 0 Å². The molecule has 4 aliphatic carbocycles. The average Bonchev–Trinajstić information content (AvgIpc) is 3.51. The van der Waals surface area contributed by atoms with Crippen LogP contribution in [0.4, 0.5) is 0 Å². The quantitative estimate of drug-likeness (QED) is 0.126. The summed E-state index contributed by atoms with van der Waals surface area (Å²) < 4.78 is 0. The number of carbonyl (C=O) groups excluding carboxylic acids is 4. The van der Waals surface area contributed by atoms with Crippen LogP contribution in [0.1, 0.15) is 97.8 Å². The number of fused-ring (bicyclic) bond motifs is 5. The lowest BCUT2D eigenvalue weighted by molar-refractivity contribution is -0.308. The monoisotopic (exact) mass is 833 g/mol. The van der Waals surface area contributed by atoms with E-state index in [0.717, 1.165) is 57.8 Å². The first-order valence-corrected chi connectivity index (χ1v) is 22.3. The van der Waals surface area contributed by atoms with Gasteiger partial charge in [-0.05, 0) is 117 Å². The molecule has 336 valence electrons. The molecule has 0 aromatic carbocycles. The topological polar surface area (TPSA) is 240 Å². The summed E-state index contributed by atoms with van der Waals surface area (Å²) in [7, 11) is 0. The summed E-state index contributed by atoms with van der Waals surface area (Å²) in [6.45, 7) is 7.40. The number of hydrogen-bond acceptors (Lipinski definition) is 14. The second-order valence-electron chi connectivity index (χ2n) is 19.3. The first kappa shape index (κ1) is 47.2. The number of aliphatic hydroxyl groups is 2. The number of amides is 1. The van der Waals surface area contributed by atoms with Crippen LogP contribution in [0.5, 0.6) is 0 Å². The normalized spacial score (nSPS) is 35.2. The largest absolute Gasteiger partial charge is 0.549 e. The third-order valence-electron chi connectivity index (χ3n) is 15.9. The Morgan fingerprint density at radius 1 is 0.712 bits per heavy atom. The summed E-state index contributed by atoms with van der Waals surface area (Å²) in [6.07, 6.45) is 9.03. The van der Waals surface area contributed by atoms with Gasteiger partial charge in [-0.25, -0.2) is 0 Å². The van der Waals surface area contributed by atoms with Crippen molar-refractivity contribution in [2.45, 2.75) is 116 Å². The van der Waals surface area contributed by atoms with Gasteiger partial charge in [0.15, 0.2) is 0 Å². The molecule has 11 atom stereocenters. The van der Waals surface area contributed by atoms with Gasteiger partial charge in [0, 0.05) is 85.0 Å². The van der Waals surface area contributed by atoms with Crippen molar-refractivity contribution in [1.29, 1.82) is 0 Å². The van der Waals surface area contributed by atoms with Crippen LogP contribution in [0, 0.1) is 46.3 Å². The lowest BCUT2D eigenvalue weighted by Crippen LogP contribution is -2.58. The fourth-order valence-corrected chi connectivity index (χ4v) is 12.7. The number of carboxylic acid groups (broad SMARTS) is 4. The lowest BCUT2D eigenvalue weighted by Gasteiger charge is -2.62. The second kappa shape index (κ2) is 20.8. The van der Waals surface area contributed by atoms with E-state index in [-0.39, 0.29) is 94.3 Å². The highest BCUT2D eigenvalue weighted by Crippen LogP contribution is 2.68. The van der Waals surface area contributed by atoms with E-state index in [2.05, 4.69) is 26.1 Å². The fourth-order valence-electron chi connectivity index (χ4n) is 12.7. The molecule has 0 aromatic rings. The summed E-state index contributed by atoms with van der Waals surface area (Å²) in [6, 6.07) is -0.980. The maximum Gasteiger partial charge on any atom is 0.320 e. The molecule has 1 saturated heterocycles. The van der Waals surface area contributed by atoms with E-state index >= 15 is 0 Å². The van der Waals surface area contributed by atoms with Crippen molar-refractivity contribution >= 4 is 29.8 Å². The Bertz CT molecular complexity index is 1440. The third-order valence-corrected chi connectivity index (χ3v) is 15.9. The molecule has 5 fully saturated rings. The second-order valence-corrected chi connectivity index (χ2v) is 19.3. The molecule has 1 heterocycles. The molecular weight excluding hydrogens is 762 g/mol. The third kappa shape index (κ3) is 11.9. The van der Waals surface area contributed by atoms with Gasteiger partial charge >= 0.3 is 5.97 Å². The van der Waals surface area contributed by atoms with Crippen molar-refractivity contribution < 1.29 is 54.6 Å². The average molecular weight is 833 g/mol. The van der Waals surface area contributed by atoms with Gasteiger partial charge in [0.2, 0.25) is 5.91 Å². The number of hydrogen-bond donors (Lipinski definition) is 4. The Kier molecular flexibility index (Phi) is 16.6. The Morgan fingerprint density at radius 2 is 1.24 bits per heavy atom. The van der Waals surface area contributed by atoms with Crippen LogP contribution in [0.15, 0.2) is 0 Å². The van der Waals surface area contributed by atoms with Gasteiger partial charge in [-0.1, -0.05) is 20.8 Å². The SMILES string of the molecule is C[C@H](CCC(=O)NCCCC(C(=O)O)N1CCN(CC(=O)[O-])CCN(CC(=O)[O-])CCN(CC(=O)[O-])CC1)[C@H]1CCC2[C@H]3C(O)C[C@H]4CC(O)CC[C@@]4(C)[C@@H]3CC[C@]21C. The first-order chi connectivity index (χ1) is 27.9. The molecule has 16 heteroatoms. The molecule has 5 aliphatic rings. The van der Waals surface area contributed by atoms with Crippen LogP contribution in [-0.2, 0) is 24.0 Å². The summed E-state index contributed by atoms with van der Waals surface area (Å²) in [4.78, 5) is 66.6. The molecule has 5 rings (SSSR count). The van der Waals surface area contributed by atoms with Crippen molar-refractivity contribution in [2.24, 2.45) is 46.3 Å². The summed E-state index contributed by atoms with van der Waals surface area (Å²) >= 11 is 0. The maximum atomic E-state index is 13.1. The molecule has 1 amide bonds. The number of nitrogens with one attached hydrogen (secondary N) is 1. The van der Waals surface area contributed by atoms with Crippen LogP contribution >= 0.6 is 0 Å². The van der Waals surface area contributed by atoms with Gasteiger partial charge in [-0.15, -0.1) is 0 Å². The Hall–Kier alpha value is -2.89. The highest BCUT2D eigenvalue weighted by Gasteiger charge is 2.62. The van der Waals surface area contributed by atoms with Crippen LogP contribution in [0.3, 0.4) is 0 Å². The number of rotatable bonds is 16. The highest BCUT2D eigenvalue weighted by molar-refractivity contribution is 5.76. The Labute approximate surface area is 349 Å². The van der Waals surface area contributed by atoms with Crippen LogP contribution in [0.25, 0.3) is 0 Å². The van der Waals surface area contributed by atoms with E-state index in [9.17, 15) is 54.6 Å². The number of carboxylic acids is 4. The zero-order valence-corrected chi connectivity index (χ0v) is 35.6. The van der Waals surface area contributed by atoms with Crippen LogP contribution in [-0.4, -0.2) is 161 Å². The molecule has 0 bridgehead atoms. The van der Waals surface area contributed by atoms with E-state index in [0.29, 0.717) is 48.3 Å². The fraction of sp³-hybridized carbons (Fsp3) is 0.884. The molecule has 4 saturated carbocycles. The predicted octanol–water partition coefficient (Wildman–Crippen LogP) is -1.79. The molecule has 0 spiro atoms. The van der Waals surface area contributed by atoms with E-state index < -0.39 is 49.6 Å². The smallest absolute Gasteiger partial charge is 0.320 e. The van der Waals surface area contributed by atoms with Crippen LogP contribution in [0.2, 0.25) is 0 Å². The minimum atomic E-state index is -1.32. The molecule has 4 unspecified atom stereocenters. The highest BCUT2D eigenvalue weighted by atomic mass is 16.4. The van der Waals surface area contributed by atoms with Crippen molar-refractivity contribution in [1.82, 2.24) is 24.9 Å². The number of nitrogens with zero attached hydrogens (tertiary/aromatic N) is 4. The molecule has 0 radical (unpaired) electrons. The minimum Gasteiger partial charge on any atom is -0.549 e. The van der Waals surface area contributed by atoms with Crippen molar-refractivity contribution in [3.8, 4) is 0 Å². The summed E-state index contributed by atoms with van der Waals surface area (Å²) in [5.41, 5.74) is 0.293. The zero-order chi connectivity index (χ0) is 43.1. The van der Waals surface area contributed by atoms with Gasteiger partial charge in [0.05, 0.1) is 30.1 Å². The minimum absolute atomic E-state index is 0.0804. The molecular formula is C43H70N5O11-3.